The highest BCUT2D eigenvalue weighted by Crippen LogP contribution is 2.34. The van der Waals surface area contributed by atoms with Crippen LogP contribution < -0.4 is 9.47 Å². The van der Waals surface area contributed by atoms with Crippen molar-refractivity contribution in [3.05, 3.63) is 53.1 Å². The average molecular weight is 369 g/mol. The Morgan fingerprint density at radius 1 is 1.00 bits per heavy atom. The summed E-state index contributed by atoms with van der Waals surface area (Å²) >= 11 is 0. The van der Waals surface area contributed by atoms with Crippen molar-refractivity contribution >= 4 is 10.0 Å². The van der Waals surface area contributed by atoms with Gasteiger partial charge in [0.25, 0.3) is 0 Å². The monoisotopic (exact) mass is 369 g/mol. The van der Waals surface area contributed by atoms with E-state index in [0.29, 0.717) is 24.0 Å². The lowest BCUT2D eigenvalue weighted by Gasteiger charge is -2.29. The lowest BCUT2D eigenvalue weighted by Crippen LogP contribution is -2.36. The van der Waals surface area contributed by atoms with Crippen LogP contribution in [-0.4, -0.2) is 33.5 Å². The summed E-state index contributed by atoms with van der Waals surface area (Å²) in [5, 5.41) is 0. The van der Waals surface area contributed by atoms with E-state index >= 15 is 0 Å². The van der Waals surface area contributed by atoms with Crippen LogP contribution in [0.4, 0.5) is 8.78 Å². The van der Waals surface area contributed by atoms with Crippen LogP contribution in [0.5, 0.6) is 11.5 Å². The van der Waals surface area contributed by atoms with Crippen molar-refractivity contribution in [2.24, 2.45) is 0 Å². The molecule has 0 aliphatic carbocycles. The van der Waals surface area contributed by atoms with Crippen molar-refractivity contribution in [3.63, 3.8) is 0 Å². The summed E-state index contributed by atoms with van der Waals surface area (Å²) in [4.78, 5) is -0.530. The summed E-state index contributed by atoms with van der Waals surface area (Å²) in [5.74, 6) is -0.856. The van der Waals surface area contributed by atoms with Gasteiger partial charge in [0.2, 0.25) is 10.0 Å². The Morgan fingerprint density at radius 3 is 2.24 bits per heavy atom. The van der Waals surface area contributed by atoms with E-state index in [9.17, 15) is 17.2 Å². The Bertz CT molecular complexity index is 915. The second kappa shape index (κ2) is 6.61. The molecule has 0 unspecified atom stereocenters. The van der Waals surface area contributed by atoms with E-state index in [1.54, 1.807) is 6.07 Å². The van der Waals surface area contributed by atoms with E-state index in [4.69, 9.17) is 9.47 Å². The van der Waals surface area contributed by atoms with Crippen LogP contribution in [0, 0.1) is 11.6 Å². The van der Waals surface area contributed by atoms with Gasteiger partial charge in [-0.25, -0.2) is 17.2 Å². The van der Waals surface area contributed by atoms with Crippen LogP contribution in [-0.2, 0) is 23.0 Å². The highest BCUT2D eigenvalue weighted by molar-refractivity contribution is 7.89. The van der Waals surface area contributed by atoms with Crippen LogP contribution in [0.25, 0.3) is 0 Å². The molecule has 2 aromatic rings. The average Bonchev–Trinajstić information content (AvgIpc) is 2.59. The number of rotatable bonds is 4. The Balaban J connectivity index is 1.96. The van der Waals surface area contributed by atoms with Gasteiger partial charge in [0, 0.05) is 19.2 Å². The number of hydrogen-bond acceptors (Lipinski definition) is 4. The summed E-state index contributed by atoms with van der Waals surface area (Å²) in [6.07, 6.45) is 0.456. The minimum Gasteiger partial charge on any atom is -0.493 e. The third-order valence-corrected chi connectivity index (χ3v) is 6.07. The van der Waals surface area contributed by atoms with E-state index in [0.717, 1.165) is 23.3 Å². The Labute approximate surface area is 144 Å². The molecular formula is C17H17F2NO4S. The molecule has 1 aliphatic rings. The minimum absolute atomic E-state index is 0.0782. The zero-order chi connectivity index (χ0) is 18.2. The standard InChI is InChI=1S/C17H17F2NO4S/c1-23-15-7-11-5-6-20(10-12(11)8-16(15)24-2)25(21,22)17-4-3-13(18)9-14(17)19/h3-4,7-9H,5-6,10H2,1-2H3. The van der Waals surface area contributed by atoms with Gasteiger partial charge in [-0.3, -0.25) is 0 Å². The molecule has 134 valence electrons. The number of halogens is 2. The largest absolute Gasteiger partial charge is 0.493 e. The second-order valence-electron chi connectivity index (χ2n) is 5.64. The molecule has 8 heteroatoms. The van der Waals surface area contributed by atoms with Gasteiger partial charge in [0.15, 0.2) is 11.5 Å². The number of hydrogen-bond donors (Lipinski definition) is 0. The van der Waals surface area contributed by atoms with Gasteiger partial charge in [0.05, 0.1) is 14.2 Å². The van der Waals surface area contributed by atoms with Crippen molar-refractivity contribution in [3.8, 4) is 11.5 Å². The molecule has 0 saturated heterocycles. The number of sulfonamides is 1. The third-order valence-electron chi connectivity index (χ3n) is 4.19. The second-order valence-corrected chi connectivity index (χ2v) is 7.55. The van der Waals surface area contributed by atoms with Crippen LogP contribution in [0.15, 0.2) is 35.2 Å². The predicted octanol–water partition coefficient (Wildman–Crippen LogP) is 2.73. The topological polar surface area (TPSA) is 55.8 Å². The van der Waals surface area contributed by atoms with Gasteiger partial charge in [-0.15, -0.1) is 0 Å². The first-order valence-electron chi connectivity index (χ1n) is 7.56. The maximum atomic E-state index is 13.9. The number of methoxy groups -OCH3 is 2. The van der Waals surface area contributed by atoms with Gasteiger partial charge >= 0.3 is 0 Å². The molecule has 1 aliphatic heterocycles. The van der Waals surface area contributed by atoms with Crippen molar-refractivity contribution in [1.82, 2.24) is 4.31 Å². The summed E-state index contributed by atoms with van der Waals surface area (Å²) in [6.45, 7) is 0.274. The zero-order valence-electron chi connectivity index (χ0n) is 13.8. The first-order valence-corrected chi connectivity index (χ1v) is 9.00. The van der Waals surface area contributed by atoms with Crippen molar-refractivity contribution in [1.29, 1.82) is 0 Å². The van der Waals surface area contributed by atoms with Crippen LogP contribution in [0.3, 0.4) is 0 Å². The maximum absolute atomic E-state index is 13.9. The molecule has 0 N–H and O–H groups in total. The Hall–Kier alpha value is -2.19. The first kappa shape index (κ1) is 17.6. The van der Waals surface area contributed by atoms with Gasteiger partial charge in [-0.2, -0.15) is 4.31 Å². The van der Waals surface area contributed by atoms with E-state index in [1.807, 2.05) is 6.07 Å². The highest BCUT2D eigenvalue weighted by Gasteiger charge is 2.31. The molecule has 0 bridgehead atoms. The lowest BCUT2D eigenvalue weighted by atomic mass is 10.0. The predicted molar refractivity (Wildman–Crippen MR) is 87.2 cm³/mol. The SMILES string of the molecule is COc1cc2c(cc1OC)CN(S(=O)(=O)c1ccc(F)cc1F)CC2. The van der Waals surface area contributed by atoms with Gasteiger partial charge in [-0.1, -0.05) is 0 Å². The fraction of sp³-hybridized carbons (Fsp3) is 0.294. The summed E-state index contributed by atoms with van der Waals surface area (Å²) < 4.78 is 64.1. The van der Waals surface area contributed by atoms with E-state index in [-0.39, 0.29) is 13.1 Å². The summed E-state index contributed by atoms with van der Waals surface area (Å²) in [6, 6.07) is 5.98. The lowest BCUT2D eigenvalue weighted by molar-refractivity contribution is 0.348. The molecule has 25 heavy (non-hydrogen) atoms. The summed E-state index contributed by atoms with van der Waals surface area (Å²) in [7, 11) is -1.04. The maximum Gasteiger partial charge on any atom is 0.246 e. The molecule has 0 fully saturated rings. The Kier molecular flexibility index (Phi) is 4.66. The number of ether oxygens (including phenoxy) is 2. The van der Waals surface area contributed by atoms with E-state index < -0.39 is 26.6 Å². The molecule has 0 spiro atoms. The molecule has 0 amide bonds. The van der Waals surface area contributed by atoms with Crippen molar-refractivity contribution in [2.45, 2.75) is 17.9 Å². The molecular weight excluding hydrogens is 352 g/mol. The molecule has 0 saturated carbocycles. The summed E-state index contributed by atoms with van der Waals surface area (Å²) in [5.41, 5.74) is 1.71. The number of fused-ring (bicyclic) bond motifs is 1. The normalized spacial score (nSPS) is 14.9. The Morgan fingerprint density at radius 2 is 1.64 bits per heavy atom. The van der Waals surface area contributed by atoms with Crippen molar-refractivity contribution in [2.75, 3.05) is 20.8 Å². The molecule has 0 atom stereocenters. The molecule has 0 radical (unpaired) electrons. The van der Waals surface area contributed by atoms with E-state index in [2.05, 4.69) is 0 Å². The fourth-order valence-electron chi connectivity index (χ4n) is 2.89. The van der Waals surface area contributed by atoms with Crippen LogP contribution in [0.2, 0.25) is 0 Å². The molecule has 3 rings (SSSR count). The fourth-order valence-corrected chi connectivity index (χ4v) is 4.35. The molecule has 5 nitrogen and oxygen atoms in total. The van der Waals surface area contributed by atoms with Crippen LogP contribution >= 0.6 is 0 Å². The van der Waals surface area contributed by atoms with Gasteiger partial charge < -0.3 is 9.47 Å². The first-order chi connectivity index (χ1) is 11.9. The highest BCUT2D eigenvalue weighted by atomic mass is 32.2. The van der Waals surface area contributed by atoms with Crippen molar-refractivity contribution < 1.29 is 26.7 Å². The molecule has 2 aromatic carbocycles. The molecule has 0 aromatic heterocycles. The van der Waals surface area contributed by atoms with E-state index in [1.165, 1.54) is 18.5 Å². The minimum atomic E-state index is -4.07. The van der Waals surface area contributed by atoms with Gasteiger partial charge in [-0.05, 0) is 41.8 Å². The third kappa shape index (κ3) is 3.19. The smallest absolute Gasteiger partial charge is 0.246 e. The number of benzene rings is 2. The number of nitrogens with zero attached hydrogens (tertiary/aromatic N) is 1. The van der Waals surface area contributed by atoms with Crippen LogP contribution in [0.1, 0.15) is 11.1 Å². The quantitative estimate of drug-likeness (QED) is 0.832. The molecule has 1 heterocycles. The van der Waals surface area contributed by atoms with Gasteiger partial charge in [0.1, 0.15) is 16.5 Å². The zero-order valence-corrected chi connectivity index (χ0v) is 14.6.